The van der Waals surface area contributed by atoms with Crippen LogP contribution >= 0.6 is 63.7 Å². The number of ether oxygens (including phenoxy) is 12. The van der Waals surface area contributed by atoms with E-state index in [1.54, 1.807) is 55.4 Å². The Labute approximate surface area is 608 Å². The maximum absolute atomic E-state index is 13.3. The van der Waals surface area contributed by atoms with Crippen LogP contribution in [0.25, 0.3) is 0 Å². The maximum Gasteiger partial charge on any atom is 0.322 e. The summed E-state index contributed by atoms with van der Waals surface area (Å²) in [5.41, 5.74) is -1.56. The van der Waals surface area contributed by atoms with Crippen LogP contribution in [0.15, 0.2) is 0 Å². The summed E-state index contributed by atoms with van der Waals surface area (Å²) >= 11 is 13.0. The first-order chi connectivity index (χ1) is 45.7. The number of carbonyl (C=O) groups excluding carboxylic acids is 12. The van der Waals surface area contributed by atoms with Crippen molar-refractivity contribution in [3.63, 3.8) is 0 Å². The molecule has 0 aliphatic heterocycles. The number of unbranched alkanes of at least 4 members (excludes halogenated alkanes) is 16. The van der Waals surface area contributed by atoms with Gasteiger partial charge in [0.15, 0.2) is 0 Å². The molecule has 97 heavy (non-hydrogen) atoms. The van der Waals surface area contributed by atoms with E-state index in [1.165, 1.54) is 0 Å². The number of alkyl halides is 4. The van der Waals surface area contributed by atoms with Gasteiger partial charge in [-0.25, -0.2) is 0 Å². The van der Waals surface area contributed by atoms with Crippen LogP contribution in [-0.2, 0) is 114 Å². The predicted molar refractivity (Wildman–Crippen MR) is 374 cm³/mol. The van der Waals surface area contributed by atoms with Gasteiger partial charge in [0.1, 0.15) is 49.1 Å². The summed E-state index contributed by atoms with van der Waals surface area (Å²) in [7, 11) is 0. The summed E-state index contributed by atoms with van der Waals surface area (Å²) in [6, 6.07) is 0. The summed E-state index contributed by atoms with van der Waals surface area (Å²) in [5.74, 6) is -5.45. The molecule has 0 aliphatic rings. The second-order valence-corrected chi connectivity index (χ2v) is 33.9. The smallest absolute Gasteiger partial charge is 0.322 e. The van der Waals surface area contributed by atoms with Crippen LogP contribution in [-0.4, -0.2) is 168 Å². The molecule has 0 aromatic rings. The van der Waals surface area contributed by atoms with E-state index in [-0.39, 0.29) is 152 Å². The summed E-state index contributed by atoms with van der Waals surface area (Å²) in [6.07, 6.45) is 13.4. The number of esters is 12. The Morgan fingerprint density at radius 3 is 0.474 bits per heavy atom. The van der Waals surface area contributed by atoms with Gasteiger partial charge in [0.05, 0.1) is 52.9 Å². The largest absolute Gasteiger partial charge is 0.466 e. The minimum Gasteiger partial charge on any atom is -0.466 e. The number of carbonyl (C=O) groups is 12. The van der Waals surface area contributed by atoms with Crippen molar-refractivity contribution in [2.75, 3.05) is 79.3 Å². The molecule has 0 atom stereocenters. The van der Waals surface area contributed by atoms with Gasteiger partial charge in [-0.1, -0.05) is 63.7 Å². The Bertz CT molecular complexity index is 2000. The van der Waals surface area contributed by atoms with E-state index < -0.39 is 73.0 Å². The monoisotopic (exact) mass is 1640 g/mol. The predicted octanol–water partition coefficient (Wildman–Crippen LogP) is 13.7. The Hall–Kier alpha value is -4.44. The lowest BCUT2D eigenvalue weighted by atomic mass is 9.92. The molecule has 0 bridgehead atoms. The molecule has 24 nitrogen and oxygen atoms in total. The molecular weight excluding hydrogens is 1530 g/mol. The maximum atomic E-state index is 13.3. The molecule has 0 aromatic carbocycles. The first-order valence-electron chi connectivity index (χ1n) is 34.4. The molecule has 0 unspecified atom stereocenters. The first kappa shape index (κ1) is 92.6. The molecule has 0 rings (SSSR count). The van der Waals surface area contributed by atoms with E-state index in [0.29, 0.717) is 154 Å². The number of hydrogen-bond acceptors (Lipinski definition) is 24. The van der Waals surface area contributed by atoms with Crippen LogP contribution in [0.1, 0.15) is 261 Å². The van der Waals surface area contributed by atoms with E-state index >= 15 is 0 Å². The fourth-order valence-electron chi connectivity index (χ4n) is 8.24. The van der Waals surface area contributed by atoms with Crippen molar-refractivity contribution in [2.24, 2.45) is 5.41 Å². The van der Waals surface area contributed by atoms with Gasteiger partial charge in [0.25, 0.3) is 0 Å². The second kappa shape index (κ2) is 54.3. The highest BCUT2D eigenvalue weighted by molar-refractivity contribution is 9.10. The van der Waals surface area contributed by atoms with Gasteiger partial charge in [-0.3, -0.25) is 57.5 Å². The van der Waals surface area contributed by atoms with Gasteiger partial charge >= 0.3 is 71.6 Å². The highest BCUT2D eigenvalue weighted by Crippen LogP contribution is 2.25. The lowest BCUT2D eigenvalue weighted by molar-refractivity contribution is -0.171. The molecule has 0 spiro atoms. The van der Waals surface area contributed by atoms with Crippen molar-refractivity contribution in [1.29, 1.82) is 0 Å². The third kappa shape index (κ3) is 55.0. The van der Waals surface area contributed by atoms with Crippen molar-refractivity contribution in [2.45, 2.75) is 278 Å². The average molecular weight is 1650 g/mol. The normalized spacial score (nSPS) is 11.8. The molecule has 0 aromatic heterocycles. The average Bonchev–Trinajstić information content (AvgIpc) is 1.02. The zero-order valence-electron chi connectivity index (χ0n) is 58.9. The summed E-state index contributed by atoms with van der Waals surface area (Å²) < 4.78 is 62.3. The molecule has 0 radical (unpaired) electrons. The summed E-state index contributed by atoms with van der Waals surface area (Å²) in [6.45, 7) is 13.2. The van der Waals surface area contributed by atoms with Crippen molar-refractivity contribution in [3.05, 3.63) is 0 Å². The third-order valence-electron chi connectivity index (χ3n) is 14.3. The van der Waals surface area contributed by atoms with Gasteiger partial charge in [0, 0.05) is 51.4 Å². The van der Waals surface area contributed by atoms with Crippen LogP contribution in [0.4, 0.5) is 0 Å². The number of rotatable bonds is 60. The topological polar surface area (TPSA) is 316 Å². The fraction of sp³-hybridized carbons (Fsp3) is 0.826. The van der Waals surface area contributed by atoms with Crippen molar-refractivity contribution < 1.29 is 114 Å². The van der Waals surface area contributed by atoms with E-state index in [1.807, 2.05) is 0 Å². The Morgan fingerprint density at radius 1 is 0.196 bits per heavy atom. The molecule has 28 heteroatoms. The van der Waals surface area contributed by atoms with Gasteiger partial charge in [-0.2, -0.15) is 0 Å². The molecule has 0 heterocycles. The molecule has 0 fully saturated rings. The van der Waals surface area contributed by atoms with Gasteiger partial charge in [0.2, 0.25) is 0 Å². The SMILES string of the molecule is CC(C)(Br)C(=O)OCCCCCC(=O)OCCCCCC(=O)OCC(COC(=O)CCCCCOC(=O)CCCCCOC(=O)C(C)(C)Br)(COC(=O)CCCCCOC(=O)CCCCCOC(=O)C(C)(C)Br)COC(=O)CCCCCOC(=O)CCCCCOC(=O)C(C)(C)Br. The quantitative estimate of drug-likeness (QED) is 0.0236. The zero-order chi connectivity index (χ0) is 73.0. The van der Waals surface area contributed by atoms with E-state index in [9.17, 15) is 57.5 Å². The van der Waals surface area contributed by atoms with Gasteiger partial charge in [-0.05, 0) is 209 Å². The fourth-order valence-corrected chi connectivity index (χ4v) is 8.69. The van der Waals surface area contributed by atoms with Crippen molar-refractivity contribution in [3.8, 4) is 0 Å². The van der Waals surface area contributed by atoms with E-state index in [4.69, 9.17) is 56.8 Å². The Kier molecular flexibility index (Phi) is 51.8. The van der Waals surface area contributed by atoms with Crippen LogP contribution in [0.2, 0.25) is 0 Å². The summed E-state index contributed by atoms with van der Waals surface area (Å²) in [5, 5.41) is 0. The number of hydrogen-bond donors (Lipinski definition) is 0. The van der Waals surface area contributed by atoms with E-state index in [2.05, 4.69) is 63.7 Å². The van der Waals surface area contributed by atoms with Crippen LogP contribution in [0, 0.1) is 5.41 Å². The molecule has 0 saturated carbocycles. The second-order valence-electron chi connectivity index (χ2n) is 25.9. The minimum absolute atomic E-state index is 0.0421. The molecular formula is C69H112Br4O24. The van der Waals surface area contributed by atoms with E-state index in [0.717, 1.165) is 0 Å². The highest BCUT2D eigenvalue weighted by Gasteiger charge is 2.38. The summed E-state index contributed by atoms with van der Waals surface area (Å²) in [4.78, 5) is 150. The Balaban J connectivity index is 5.78. The van der Waals surface area contributed by atoms with Gasteiger partial charge < -0.3 is 56.8 Å². The highest BCUT2D eigenvalue weighted by atomic mass is 79.9. The van der Waals surface area contributed by atoms with Gasteiger partial charge in [-0.15, -0.1) is 0 Å². The van der Waals surface area contributed by atoms with Crippen LogP contribution < -0.4 is 0 Å². The zero-order valence-corrected chi connectivity index (χ0v) is 65.3. The first-order valence-corrected chi connectivity index (χ1v) is 37.5. The minimum atomic E-state index is -1.56. The third-order valence-corrected chi connectivity index (χ3v) is 15.6. The van der Waals surface area contributed by atoms with Crippen molar-refractivity contribution in [1.82, 2.24) is 0 Å². The molecule has 0 N–H and O–H groups in total. The van der Waals surface area contributed by atoms with Crippen LogP contribution in [0.3, 0.4) is 0 Å². The van der Waals surface area contributed by atoms with Crippen molar-refractivity contribution >= 4 is 135 Å². The lowest BCUT2D eigenvalue weighted by Crippen LogP contribution is -2.44. The lowest BCUT2D eigenvalue weighted by Gasteiger charge is -2.31. The molecule has 0 saturated heterocycles. The number of halogens is 4. The molecule has 0 aliphatic carbocycles. The molecule has 0 amide bonds. The van der Waals surface area contributed by atoms with Crippen LogP contribution in [0.5, 0.6) is 0 Å². The standard InChI is InChI=1S/C69H112Br4O24/c1-65(2,70)61(82)90-45-29-13-17-33-53(74)86-41-25-9-21-37-57(78)94-49-69(50-95-58(79)38-22-10-26-42-87-54(75)34-18-14-30-46-91-62(83)66(3,4)71,51-96-59(80)39-23-11-27-43-88-55(76)35-19-15-31-47-92-63(84)67(5,6)72)52-97-60(81)40-24-12-28-44-89-56(77)36-20-16-32-48-93-64(85)68(7,8)73/h9-52H2,1-8H3. The Morgan fingerprint density at radius 2 is 0.330 bits per heavy atom. The molecule has 560 valence electrons.